The van der Waals surface area contributed by atoms with E-state index in [9.17, 15) is 14.0 Å². The Bertz CT molecular complexity index is 1290. The van der Waals surface area contributed by atoms with Gasteiger partial charge in [-0.15, -0.1) is 11.3 Å². The molecule has 3 unspecified atom stereocenters. The van der Waals surface area contributed by atoms with Crippen LogP contribution in [-0.2, 0) is 17.6 Å². The molecule has 3 atom stereocenters. The fraction of sp³-hybridized carbons (Fsp3) is 0.500. The van der Waals surface area contributed by atoms with Gasteiger partial charge in [-0.1, -0.05) is 50.6 Å². The first-order valence-corrected chi connectivity index (χ1v) is 14.0. The molecule has 2 aromatic heterocycles. The van der Waals surface area contributed by atoms with Crippen LogP contribution in [0.1, 0.15) is 56.4 Å². The summed E-state index contributed by atoms with van der Waals surface area (Å²) in [6, 6.07) is 6.46. The molecule has 1 N–H and O–H groups in total. The van der Waals surface area contributed by atoms with Crippen molar-refractivity contribution in [1.82, 2.24) is 14.9 Å². The number of aromatic nitrogens is 2. The van der Waals surface area contributed by atoms with E-state index in [1.165, 1.54) is 33.7 Å². The molecule has 1 fully saturated rings. The van der Waals surface area contributed by atoms with Crippen LogP contribution in [0.2, 0.25) is 0 Å². The lowest BCUT2D eigenvalue weighted by molar-refractivity contribution is -0.119. The van der Waals surface area contributed by atoms with Crippen LogP contribution >= 0.6 is 23.1 Å². The number of halogens is 1. The summed E-state index contributed by atoms with van der Waals surface area (Å²) in [7, 11) is 0. The lowest BCUT2D eigenvalue weighted by atomic mass is 9.86. The first kappa shape index (κ1) is 23.5. The van der Waals surface area contributed by atoms with E-state index in [-0.39, 0.29) is 28.9 Å². The van der Waals surface area contributed by atoms with Crippen LogP contribution in [0.3, 0.4) is 0 Å². The number of hydrogen-bond acceptors (Lipinski definition) is 5. The van der Waals surface area contributed by atoms with Gasteiger partial charge in [-0.05, 0) is 61.6 Å². The largest absolute Gasteiger partial charge is 0.352 e. The molecular weight excluding hydrogens is 469 g/mol. The zero-order valence-corrected chi connectivity index (χ0v) is 21.2. The number of hydrogen-bond donors (Lipinski definition) is 1. The van der Waals surface area contributed by atoms with E-state index < -0.39 is 5.82 Å². The van der Waals surface area contributed by atoms with E-state index in [1.807, 2.05) is 0 Å². The van der Waals surface area contributed by atoms with Gasteiger partial charge in [0.1, 0.15) is 10.6 Å². The van der Waals surface area contributed by atoms with Gasteiger partial charge in [0.2, 0.25) is 5.91 Å². The van der Waals surface area contributed by atoms with Gasteiger partial charge >= 0.3 is 0 Å². The maximum Gasteiger partial charge on any atom is 0.267 e. The van der Waals surface area contributed by atoms with Gasteiger partial charge in [0.05, 0.1) is 16.8 Å². The highest BCUT2D eigenvalue weighted by atomic mass is 32.2. The van der Waals surface area contributed by atoms with E-state index in [2.05, 4.69) is 19.2 Å². The van der Waals surface area contributed by atoms with Crippen molar-refractivity contribution in [3.63, 3.8) is 0 Å². The second-order valence-electron chi connectivity index (χ2n) is 9.74. The molecule has 8 heteroatoms. The Morgan fingerprint density at radius 2 is 2.03 bits per heavy atom. The average molecular weight is 500 g/mol. The number of amides is 1. The standard InChI is InChI=1S/C26H30FN3O2S2/c1-15-11-12-17-21(13-15)34-24-23(17)25(32)30(20-10-6-4-8-18(20)27)26(29-24)33-14-22(31)28-19-9-5-3-7-16(19)2/h4,6,8,10,15-16,19H,3,5,7,9,11-14H2,1-2H3,(H,28,31). The fourth-order valence-electron chi connectivity index (χ4n) is 5.22. The number of aryl methyl sites for hydroxylation is 1. The van der Waals surface area contributed by atoms with Crippen LogP contribution in [-0.4, -0.2) is 27.3 Å². The molecule has 1 amide bonds. The molecule has 1 saturated carbocycles. The summed E-state index contributed by atoms with van der Waals surface area (Å²) in [5.41, 5.74) is 1.00. The molecule has 0 bridgehead atoms. The van der Waals surface area contributed by atoms with E-state index in [0.29, 0.717) is 27.2 Å². The van der Waals surface area contributed by atoms with Crippen LogP contribution < -0.4 is 10.9 Å². The lowest BCUT2D eigenvalue weighted by Gasteiger charge is -2.29. The number of benzene rings is 1. The maximum atomic E-state index is 14.8. The van der Waals surface area contributed by atoms with Gasteiger partial charge in [-0.25, -0.2) is 9.37 Å². The zero-order valence-electron chi connectivity index (χ0n) is 19.6. The van der Waals surface area contributed by atoms with Crippen LogP contribution in [0.5, 0.6) is 0 Å². The number of carbonyl (C=O) groups is 1. The molecule has 0 spiro atoms. The zero-order chi connectivity index (χ0) is 23.8. The first-order chi connectivity index (χ1) is 16.4. The summed E-state index contributed by atoms with van der Waals surface area (Å²) < 4.78 is 16.2. The quantitative estimate of drug-likeness (QED) is 0.372. The second-order valence-corrected chi connectivity index (χ2v) is 11.8. The lowest BCUT2D eigenvalue weighted by Crippen LogP contribution is -2.41. The number of nitrogens with one attached hydrogen (secondary N) is 1. The Kier molecular flexibility index (Phi) is 6.80. The van der Waals surface area contributed by atoms with Crippen LogP contribution in [0.15, 0.2) is 34.2 Å². The minimum atomic E-state index is -0.481. The predicted octanol–water partition coefficient (Wildman–Crippen LogP) is 5.50. The molecule has 5 nitrogen and oxygen atoms in total. The normalized spacial score (nSPS) is 22.5. The molecule has 5 rings (SSSR count). The van der Waals surface area contributed by atoms with Gasteiger partial charge < -0.3 is 5.32 Å². The van der Waals surface area contributed by atoms with Crippen molar-refractivity contribution in [3.05, 3.63) is 50.9 Å². The number of rotatable bonds is 5. The van der Waals surface area contributed by atoms with Crippen molar-refractivity contribution in [2.24, 2.45) is 11.8 Å². The summed E-state index contributed by atoms with van der Waals surface area (Å²) in [5.74, 6) is 0.628. The Morgan fingerprint density at radius 3 is 2.82 bits per heavy atom. The van der Waals surface area contributed by atoms with Crippen LogP contribution in [0.4, 0.5) is 4.39 Å². The molecule has 1 aromatic carbocycles. The first-order valence-electron chi connectivity index (χ1n) is 12.2. The van der Waals surface area contributed by atoms with Gasteiger partial charge in [0, 0.05) is 10.9 Å². The molecule has 34 heavy (non-hydrogen) atoms. The topological polar surface area (TPSA) is 64.0 Å². The third-order valence-corrected chi connectivity index (χ3v) is 9.27. The number of nitrogens with zero attached hydrogens (tertiary/aromatic N) is 2. The van der Waals surface area contributed by atoms with Crippen LogP contribution in [0, 0.1) is 17.7 Å². The molecule has 180 valence electrons. The average Bonchev–Trinajstić information content (AvgIpc) is 3.17. The molecule has 2 heterocycles. The van der Waals surface area contributed by atoms with Gasteiger partial charge in [-0.2, -0.15) is 0 Å². The minimum Gasteiger partial charge on any atom is -0.352 e. The number of carbonyl (C=O) groups excluding carboxylic acids is 1. The third-order valence-electron chi connectivity index (χ3n) is 7.18. The summed E-state index contributed by atoms with van der Waals surface area (Å²) in [5, 5.41) is 4.13. The monoisotopic (exact) mass is 499 g/mol. The third kappa shape index (κ3) is 4.54. The molecule has 3 aromatic rings. The van der Waals surface area contributed by atoms with E-state index in [1.54, 1.807) is 29.5 Å². The Morgan fingerprint density at radius 1 is 1.24 bits per heavy atom. The maximum absolute atomic E-state index is 14.8. The van der Waals surface area contributed by atoms with Crippen molar-refractivity contribution >= 4 is 39.2 Å². The highest BCUT2D eigenvalue weighted by Gasteiger charge is 2.27. The van der Waals surface area contributed by atoms with Crippen molar-refractivity contribution in [3.8, 4) is 5.69 Å². The second kappa shape index (κ2) is 9.82. The number of para-hydroxylation sites is 1. The summed E-state index contributed by atoms with van der Waals surface area (Å²) in [6.07, 6.45) is 7.30. The van der Waals surface area contributed by atoms with Crippen molar-refractivity contribution in [1.29, 1.82) is 0 Å². The van der Waals surface area contributed by atoms with E-state index >= 15 is 0 Å². The summed E-state index contributed by atoms with van der Waals surface area (Å²) in [6.45, 7) is 4.41. The highest BCUT2D eigenvalue weighted by molar-refractivity contribution is 7.99. The Balaban J connectivity index is 1.51. The smallest absolute Gasteiger partial charge is 0.267 e. The molecule has 0 saturated heterocycles. The van der Waals surface area contributed by atoms with Gasteiger partial charge in [-0.3, -0.25) is 14.2 Å². The predicted molar refractivity (Wildman–Crippen MR) is 137 cm³/mol. The minimum absolute atomic E-state index is 0.0718. The highest BCUT2D eigenvalue weighted by Crippen LogP contribution is 2.37. The van der Waals surface area contributed by atoms with Gasteiger partial charge in [0.25, 0.3) is 5.56 Å². The molecule has 2 aliphatic rings. The number of thioether (sulfide) groups is 1. The van der Waals surface area contributed by atoms with Gasteiger partial charge in [0.15, 0.2) is 5.16 Å². The molecule has 0 radical (unpaired) electrons. The Hall–Kier alpha value is -2.19. The number of fused-ring (bicyclic) bond motifs is 3. The molecule has 2 aliphatic carbocycles. The van der Waals surface area contributed by atoms with Crippen LogP contribution in [0.25, 0.3) is 15.9 Å². The Labute approximate surface area is 207 Å². The van der Waals surface area contributed by atoms with E-state index in [0.717, 1.165) is 44.1 Å². The molecular formula is C26H30FN3O2S2. The molecule has 0 aliphatic heterocycles. The summed E-state index contributed by atoms with van der Waals surface area (Å²) in [4.78, 5) is 33.3. The summed E-state index contributed by atoms with van der Waals surface area (Å²) >= 11 is 2.77. The van der Waals surface area contributed by atoms with Crippen molar-refractivity contribution in [2.75, 3.05) is 5.75 Å². The van der Waals surface area contributed by atoms with Crippen molar-refractivity contribution < 1.29 is 9.18 Å². The number of thiophene rings is 1. The van der Waals surface area contributed by atoms with E-state index in [4.69, 9.17) is 4.98 Å². The van der Waals surface area contributed by atoms with Crippen molar-refractivity contribution in [2.45, 2.75) is 70.0 Å². The fourth-order valence-corrected chi connectivity index (χ4v) is 7.46. The SMILES string of the molecule is CC1CCc2c(sc3nc(SCC(=O)NC4CCCCC4C)n(-c4ccccc4F)c(=O)c23)C1.